The molecule has 2 saturated carbocycles. The second kappa shape index (κ2) is 4.51. The predicted molar refractivity (Wildman–Crippen MR) is 73.1 cm³/mol. The molecule has 2 bridgehead atoms. The van der Waals surface area contributed by atoms with Crippen LogP contribution in [0.5, 0.6) is 0 Å². The third-order valence-electron chi connectivity index (χ3n) is 5.60. The van der Waals surface area contributed by atoms with E-state index < -0.39 is 5.41 Å². The quantitative estimate of drug-likeness (QED) is 0.716. The topological polar surface area (TPSA) is 50.1 Å². The summed E-state index contributed by atoms with van der Waals surface area (Å²) in [5.41, 5.74) is -0.597. The van der Waals surface area contributed by atoms with Crippen LogP contribution in [0.15, 0.2) is 0 Å². The maximum atomic E-state index is 12.4. The molecule has 0 aromatic rings. The second-order valence-corrected chi connectivity index (χ2v) is 7.78. The summed E-state index contributed by atoms with van der Waals surface area (Å²) in [6.45, 7) is 10.1. The van der Waals surface area contributed by atoms with Gasteiger partial charge in [-0.3, -0.25) is 4.79 Å². The molecule has 4 unspecified atom stereocenters. The number of ether oxygens (including phenoxy) is 1. The van der Waals surface area contributed by atoms with Crippen molar-refractivity contribution in [1.29, 1.82) is 5.26 Å². The van der Waals surface area contributed by atoms with Crippen molar-refractivity contribution in [2.45, 2.75) is 60.0 Å². The molecule has 0 radical (unpaired) electrons. The van der Waals surface area contributed by atoms with Gasteiger partial charge >= 0.3 is 5.97 Å². The van der Waals surface area contributed by atoms with Crippen molar-refractivity contribution in [3.8, 4) is 6.07 Å². The first kappa shape index (κ1) is 14.4. The highest BCUT2D eigenvalue weighted by Crippen LogP contribution is 2.50. The third kappa shape index (κ3) is 2.38. The first-order valence-corrected chi connectivity index (χ1v) is 7.27. The fraction of sp³-hybridized carbons (Fsp3) is 0.875. The zero-order valence-electron chi connectivity index (χ0n) is 12.7. The van der Waals surface area contributed by atoms with Crippen LogP contribution >= 0.6 is 0 Å². The average molecular weight is 263 g/mol. The normalized spacial score (nSPS) is 34.1. The molecule has 2 fully saturated rings. The molecule has 0 N–H and O–H groups in total. The summed E-state index contributed by atoms with van der Waals surface area (Å²) in [7, 11) is 0. The van der Waals surface area contributed by atoms with E-state index >= 15 is 0 Å². The third-order valence-corrected chi connectivity index (χ3v) is 5.60. The summed E-state index contributed by atoms with van der Waals surface area (Å²) in [6, 6.07) is 2.38. The molecule has 0 saturated heterocycles. The number of hydrogen-bond donors (Lipinski definition) is 0. The molecule has 0 amide bonds. The van der Waals surface area contributed by atoms with E-state index in [1.165, 1.54) is 0 Å². The van der Waals surface area contributed by atoms with Crippen molar-refractivity contribution in [3.63, 3.8) is 0 Å². The second-order valence-electron chi connectivity index (χ2n) is 7.78. The molecule has 0 spiro atoms. The summed E-state index contributed by atoms with van der Waals surface area (Å²) in [6.07, 6.45) is 2.90. The number of esters is 1. The summed E-state index contributed by atoms with van der Waals surface area (Å²) < 4.78 is 5.78. The first-order valence-electron chi connectivity index (χ1n) is 7.27. The monoisotopic (exact) mass is 263 g/mol. The Hall–Kier alpha value is -1.04. The van der Waals surface area contributed by atoms with Crippen molar-refractivity contribution < 1.29 is 9.53 Å². The van der Waals surface area contributed by atoms with Crippen molar-refractivity contribution in [2.75, 3.05) is 0 Å². The summed E-state index contributed by atoms with van der Waals surface area (Å²) in [5.74, 6) is 0.960. The van der Waals surface area contributed by atoms with Gasteiger partial charge in [0.15, 0.2) is 0 Å². The first-order chi connectivity index (χ1) is 8.66. The largest absolute Gasteiger partial charge is 0.462 e. The summed E-state index contributed by atoms with van der Waals surface area (Å²) in [4.78, 5) is 12.4. The van der Waals surface area contributed by atoms with Gasteiger partial charge in [0.2, 0.25) is 0 Å². The minimum absolute atomic E-state index is 0.0451. The molecule has 0 heterocycles. The molecule has 3 heteroatoms. The molecule has 0 aliphatic heterocycles. The van der Waals surface area contributed by atoms with Crippen LogP contribution in [-0.4, -0.2) is 12.1 Å². The van der Waals surface area contributed by atoms with Crippen LogP contribution in [0.2, 0.25) is 0 Å². The van der Waals surface area contributed by atoms with Crippen LogP contribution < -0.4 is 0 Å². The van der Waals surface area contributed by atoms with E-state index in [1.807, 2.05) is 13.8 Å². The number of nitriles is 1. The smallest absolute Gasteiger partial charge is 0.312 e. The van der Waals surface area contributed by atoms with Crippen LogP contribution in [-0.2, 0) is 9.53 Å². The van der Waals surface area contributed by atoms with Gasteiger partial charge in [-0.1, -0.05) is 20.8 Å². The number of carbonyl (C=O) groups is 1. The van der Waals surface area contributed by atoms with Crippen LogP contribution in [0.25, 0.3) is 0 Å². The van der Waals surface area contributed by atoms with Crippen molar-refractivity contribution in [3.05, 3.63) is 0 Å². The van der Waals surface area contributed by atoms with Gasteiger partial charge in [0, 0.05) is 5.92 Å². The van der Waals surface area contributed by atoms with Gasteiger partial charge in [-0.25, -0.2) is 0 Å². The number of hydrogen-bond acceptors (Lipinski definition) is 3. The predicted octanol–water partition coefficient (Wildman–Crippen LogP) is 3.54. The summed E-state index contributed by atoms with van der Waals surface area (Å²) >= 11 is 0. The van der Waals surface area contributed by atoms with Gasteiger partial charge in [0.25, 0.3) is 0 Å². The number of fused-ring (bicyclic) bond motifs is 2. The Morgan fingerprint density at radius 3 is 2.16 bits per heavy atom. The highest BCUT2D eigenvalue weighted by atomic mass is 16.5. The number of nitrogens with zero attached hydrogens (tertiary/aromatic N) is 1. The van der Waals surface area contributed by atoms with E-state index in [0.717, 1.165) is 19.3 Å². The van der Waals surface area contributed by atoms with E-state index in [9.17, 15) is 4.79 Å². The standard InChI is InChI=1S/C16H25NO2/c1-15(2,3)16(4,5)14(18)19-13-8-10-6-11(13)7-12(10)9-17/h10-13H,6-8H2,1-5H3. The molecule has 0 aromatic heterocycles. The van der Waals surface area contributed by atoms with Crippen LogP contribution in [0, 0.1) is 39.9 Å². The fourth-order valence-electron chi connectivity index (χ4n) is 3.12. The molecule has 106 valence electrons. The Morgan fingerprint density at radius 2 is 1.74 bits per heavy atom. The van der Waals surface area contributed by atoms with E-state index in [-0.39, 0.29) is 23.4 Å². The van der Waals surface area contributed by atoms with E-state index in [2.05, 4.69) is 26.8 Å². The SMILES string of the molecule is CC(C)(C)C(C)(C)C(=O)OC1CC2CC1CC2C#N. The van der Waals surface area contributed by atoms with Gasteiger partial charge in [-0.15, -0.1) is 0 Å². The molecular formula is C16H25NO2. The molecule has 19 heavy (non-hydrogen) atoms. The van der Waals surface area contributed by atoms with E-state index in [1.54, 1.807) is 0 Å². The Morgan fingerprint density at radius 1 is 1.11 bits per heavy atom. The Labute approximate surface area is 116 Å². The highest BCUT2D eigenvalue weighted by molar-refractivity contribution is 5.77. The van der Waals surface area contributed by atoms with Gasteiger partial charge < -0.3 is 4.74 Å². The highest BCUT2D eigenvalue weighted by Gasteiger charge is 2.50. The van der Waals surface area contributed by atoms with Gasteiger partial charge in [-0.05, 0) is 50.4 Å². The molecule has 0 aromatic carbocycles. The fourth-order valence-corrected chi connectivity index (χ4v) is 3.12. The van der Waals surface area contributed by atoms with Gasteiger partial charge in [0.05, 0.1) is 11.5 Å². The lowest BCUT2D eigenvalue weighted by molar-refractivity contribution is -0.168. The maximum Gasteiger partial charge on any atom is 0.312 e. The number of carbonyl (C=O) groups excluding carboxylic acids is 1. The maximum absolute atomic E-state index is 12.4. The van der Waals surface area contributed by atoms with Crippen molar-refractivity contribution in [2.24, 2.45) is 28.6 Å². The number of rotatable bonds is 2. The van der Waals surface area contributed by atoms with E-state index in [0.29, 0.717) is 11.8 Å². The Kier molecular flexibility index (Phi) is 3.41. The molecule has 2 aliphatic rings. The van der Waals surface area contributed by atoms with Crippen LogP contribution in [0.3, 0.4) is 0 Å². The Balaban J connectivity index is 1.98. The van der Waals surface area contributed by atoms with Crippen molar-refractivity contribution in [1.82, 2.24) is 0 Å². The Bertz CT molecular complexity index is 413. The lowest BCUT2D eigenvalue weighted by atomic mass is 9.69. The van der Waals surface area contributed by atoms with Crippen LogP contribution in [0.4, 0.5) is 0 Å². The zero-order chi connectivity index (χ0) is 14.4. The van der Waals surface area contributed by atoms with Gasteiger partial charge in [0.1, 0.15) is 6.10 Å². The van der Waals surface area contributed by atoms with Crippen LogP contribution in [0.1, 0.15) is 53.9 Å². The lowest BCUT2D eigenvalue weighted by Gasteiger charge is -2.38. The lowest BCUT2D eigenvalue weighted by Crippen LogP contribution is -2.41. The minimum Gasteiger partial charge on any atom is -0.462 e. The zero-order valence-corrected chi connectivity index (χ0v) is 12.7. The molecule has 2 aliphatic carbocycles. The van der Waals surface area contributed by atoms with Crippen molar-refractivity contribution >= 4 is 5.97 Å². The van der Waals surface area contributed by atoms with Gasteiger partial charge in [-0.2, -0.15) is 5.26 Å². The molecule has 4 atom stereocenters. The average Bonchev–Trinajstić information content (AvgIpc) is 2.86. The molecular weight excluding hydrogens is 238 g/mol. The molecule has 3 nitrogen and oxygen atoms in total. The van der Waals surface area contributed by atoms with E-state index in [4.69, 9.17) is 10.00 Å². The molecule has 2 rings (SSSR count). The summed E-state index contributed by atoms with van der Waals surface area (Å²) in [5, 5.41) is 9.03. The minimum atomic E-state index is -0.483.